The van der Waals surface area contributed by atoms with Gasteiger partial charge in [-0.2, -0.15) is 13.2 Å². The van der Waals surface area contributed by atoms with Crippen LogP contribution in [0.5, 0.6) is 0 Å². The van der Waals surface area contributed by atoms with Gasteiger partial charge in [-0.1, -0.05) is 18.2 Å². The standard InChI is InChI=1S/C30H32F3N5O3/c31-30(32,33)29(10-11-29)17-37-12-8-20(9-13-37)35-16-18(15-34)14-19-4-5-23-26-21(19)2-1-3-22(26)28(41)38(23)24-6-7-25(39)36-27(24)40/h1-5,15-16,20,24H,6-14,17,34H2,(H,36,39,40). The Labute approximate surface area is 235 Å². The van der Waals surface area contributed by atoms with Crippen molar-refractivity contribution < 1.29 is 27.6 Å². The van der Waals surface area contributed by atoms with Crippen LogP contribution in [0, 0.1) is 5.41 Å². The van der Waals surface area contributed by atoms with Crippen molar-refractivity contribution in [1.29, 1.82) is 0 Å². The summed E-state index contributed by atoms with van der Waals surface area (Å²) in [6, 6.07) is 8.53. The van der Waals surface area contributed by atoms with Crippen LogP contribution in [0.2, 0.25) is 0 Å². The van der Waals surface area contributed by atoms with Gasteiger partial charge in [0, 0.05) is 49.6 Å². The molecule has 6 rings (SSSR count). The number of alkyl halides is 3. The summed E-state index contributed by atoms with van der Waals surface area (Å²) in [6.07, 6.45) is 1.87. The van der Waals surface area contributed by atoms with Gasteiger partial charge in [0.1, 0.15) is 6.04 Å². The van der Waals surface area contributed by atoms with Gasteiger partial charge in [-0.3, -0.25) is 29.6 Å². The summed E-state index contributed by atoms with van der Waals surface area (Å²) in [5, 5.41) is 3.99. The highest BCUT2D eigenvalue weighted by Crippen LogP contribution is 2.58. The molecule has 1 atom stereocenters. The van der Waals surface area contributed by atoms with E-state index in [4.69, 9.17) is 10.7 Å². The Morgan fingerprint density at radius 3 is 2.51 bits per heavy atom. The smallest absolute Gasteiger partial charge is 0.395 e. The monoisotopic (exact) mass is 567 g/mol. The quantitative estimate of drug-likeness (QED) is 0.390. The van der Waals surface area contributed by atoms with Crippen molar-refractivity contribution in [3.05, 3.63) is 53.2 Å². The lowest BCUT2D eigenvalue weighted by Gasteiger charge is -2.33. The fourth-order valence-electron chi connectivity index (χ4n) is 6.36. The molecular formula is C30H32F3N5O3. The highest BCUT2D eigenvalue weighted by atomic mass is 19.4. The number of halogens is 3. The molecule has 11 heteroatoms. The highest BCUT2D eigenvalue weighted by molar-refractivity contribution is 6.27. The van der Waals surface area contributed by atoms with Gasteiger partial charge >= 0.3 is 6.18 Å². The van der Waals surface area contributed by atoms with Crippen molar-refractivity contribution in [2.75, 3.05) is 24.5 Å². The summed E-state index contributed by atoms with van der Waals surface area (Å²) in [7, 11) is 0. The Hall–Kier alpha value is -3.73. The minimum atomic E-state index is -4.14. The molecular weight excluding hydrogens is 535 g/mol. The minimum Gasteiger partial charge on any atom is -0.404 e. The van der Waals surface area contributed by atoms with Crippen molar-refractivity contribution in [2.45, 2.75) is 63.2 Å². The van der Waals surface area contributed by atoms with Crippen LogP contribution in [0.15, 0.2) is 47.1 Å². The lowest BCUT2D eigenvalue weighted by Crippen LogP contribution is -2.53. The molecule has 0 aromatic heterocycles. The van der Waals surface area contributed by atoms with E-state index in [1.807, 2.05) is 29.2 Å². The number of aliphatic imine (C=N–C) groups is 1. The fraction of sp³-hybridized carbons (Fsp3) is 0.467. The van der Waals surface area contributed by atoms with Gasteiger partial charge in [-0.25, -0.2) is 0 Å². The summed E-state index contributed by atoms with van der Waals surface area (Å²) in [4.78, 5) is 45.7. The summed E-state index contributed by atoms with van der Waals surface area (Å²) in [5.74, 6) is -1.07. The highest BCUT2D eigenvalue weighted by Gasteiger charge is 2.63. The molecule has 4 aliphatic rings. The molecule has 3 fully saturated rings. The van der Waals surface area contributed by atoms with Gasteiger partial charge in [-0.15, -0.1) is 0 Å². The molecule has 2 aromatic rings. The summed E-state index contributed by atoms with van der Waals surface area (Å²) in [5.41, 5.74) is 7.34. The number of carbonyl (C=O) groups excluding carboxylic acids is 3. The number of benzene rings is 2. The SMILES string of the molecule is NC=C(C=NC1CCN(CC2(C(F)(F)F)CC2)CC1)Cc1ccc2c3c(cccc13)C(=O)N2C1CCC(=O)NC1=O. The second-order valence-corrected chi connectivity index (χ2v) is 11.6. The molecule has 216 valence electrons. The summed E-state index contributed by atoms with van der Waals surface area (Å²) < 4.78 is 40.0. The average Bonchev–Trinajstić information content (AvgIpc) is 3.69. The van der Waals surface area contributed by atoms with Crippen LogP contribution in [-0.4, -0.2) is 66.7 Å². The van der Waals surface area contributed by atoms with Crippen LogP contribution in [0.4, 0.5) is 18.9 Å². The van der Waals surface area contributed by atoms with E-state index in [2.05, 4.69) is 5.32 Å². The zero-order valence-electron chi connectivity index (χ0n) is 22.5. The summed E-state index contributed by atoms with van der Waals surface area (Å²) in [6.45, 7) is 1.26. The van der Waals surface area contributed by atoms with Gasteiger partial charge < -0.3 is 10.6 Å². The second-order valence-electron chi connectivity index (χ2n) is 11.6. The van der Waals surface area contributed by atoms with Gasteiger partial charge in [-0.05, 0) is 67.0 Å². The number of hydrogen-bond donors (Lipinski definition) is 2. The zero-order chi connectivity index (χ0) is 28.9. The normalized spacial score (nSPS) is 23.6. The number of imide groups is 1. The largest absolute Gasteiger partial charge is 0.404 e. The van der Waals surface area contributed by atoms with Crippen LogP contribution in [0.1, 0.15) is 54.4 Å². The third kappa shape index (κ3) is 5.00. The van der Waals surface area contributed by atoms with Gasteiger partial charge in [0.25, 0.3) is 5.91 Å². The van der Waals surface area contributed by atoms with Crippen molar-refractivity contribution in [3.8, 4) is 0 Å². The zero-order valence-corrected chi connectivity index (χ0v) is 22.5. The first-order chi connectivity index (χ1) is 19.6. The van der Waals surface area contributed by atoms with Crippen LogP contribution in [0.25, 0.3) is 10.8 Å². The second kappa shape index (κ2) is 10.3. The fourth-order valence-corrected chi connectivity index (χ4v) is 6.36. The Balaban J connectivity index is 1.14. The molecule has 0 bridgehead atoms. The van der Waals surface area contributed by atoms with Crippen molar-refractivity contribution in [2.24, 2.45) is 16.1 Å². The van der Waals surface area contributed by atoms with Gasteiger partial charge in [0.2, 0.25) is 11.8 Å². The third-order valence-electron chi connectivity index (χ3n) is 8.94. The van der Waals surface area contributed by atoms with Crippen molar-refractivity contribution in [3.63, 3.8) is 0 Å². The maximum absolute atomic E-state index is 13.4. The Morgan fingerprint density at radius 2 is 1.85 bits per heavy atom. The first kappa shape index (κ1) is 27.4. The van der Waals surface area contributed by atoms with Crippen LogP contribution in [0.3, 0.4) is 0 Å². The van der Waals surface area contributed by atoms with E-state index in [9.17, 15) is 27.6 Å². The van der Waals surface area contributed by atoms with Crippen molar-refractivity contribution >= 4 is 40.4 Å². The Bertz CT molecular complexity index is 1470. The summed E-state index contributed by atoms with van der Waals surface area (Å²) >= 11 is 0. The molecule has 1 unspecified atom stereocenters. The molecule has 8 nitrogen and oxygen atoms in total. The predicted molar refractivity (Wildman–Crippen MR) is 149 cm³/mol. The van der Waals surface area contributed by atoms with Crippen LogP contribution in [-0.2, 0) is 16.0 Å². The molecule has 2 aromatic carbocycles. The molecule has 3 N–H and O–H groups in total. The lowest BCUT2D eigenvalue weighted by molar-refractivity contribution is -0.192. The Morgan fingerprint density at radius 1 is 1.10 bits per heavy atom. The molecule has 3 aliphatic heterocycles. The number of hydrogen-bond acceptors (Lipinski definition) is 6. The van der Waals surface area contributed by atoms with Crippen molar-refractivity contribution in [1.82, 2.24) is 10.2 Å². The number of nitrogens with one attached hydrogen (secondary N) is 1. The van der Waals surface area contributed by atoms with Crippen LogP contribution < -0.4 is 16.0 Å². The number of anilines is 1. The van der Waals surface area contributed by atoms with Crippen LogP contribution >= 0.6 is 0 Å². The number of nitrogens with zero attached hydrogens (tertiary/aromatic N) is 3. The molecule has 0 radical (unpaired) electrons. The van der Waals surface area contributed by atoms with E-state index < -0.39 is 23.5 Å². The average molecular weight is 568 g/mol. The molecule has 3 heterocycles. The first-order valence-corrected chi connectivity index (χ1v) is 14.0. The number of amides is 3. The van der Waals surface area contributed by atoms with E-state index in [-0.39, 0.29) is 50.1 Å². The Kier molecular flexibility index (Phi) is 6.88. The topological polar surface area (TPSA) is 108 Å². The number of allylic oxidation sites excluding steroid dienone is 1. The first-order valence-electron chi connectivity index (χ1n) is 14.0. The lowest BCUT2D eigenvalue weighted by atomic mass is 9.96. The van der Waals surface area contributed by atoms with Gasteiger partial charge in [0.15, 0.2) is 0 Å². The van der Waals surface area contributed by atoms with Gasteiger partial charge in [0.05, 0.1) is 17.1 Å². The molecule has 0 spiro atoms. The molecule has 3 amide bonds. The molecule has 1 aliphatic carbocycles. The number of likely N-dealkylation sites (tertiary alicyclic amines) is 1. The van der Waals surface area contributed by atoms with E-state index in [1.165, 1.54) is 11.1 Å². The number of carbonyl (C=O) groups is 3. The number of piperidine rings is 2. The third-order valence-corrected chi connectivity index (χ3v) is 8.94. The molecule has 2 saturated heterocycles. The molecule has 41 heavy (non-hydrogen) atoms. The number of nitrogens with two attached hydrogens (primary N) is 1. The maximum atomic E-state index is 13.4. The predicted octanol–water partition coefficient (Wildman–Crippen LogP) is 3.87. The van der Waals surface area contributed by atoms with E-state index in [1.54, 1.807) is 12.3 Å². The maximum Gasteiger partial charge on any atom is 0.395 e. The van der Waals surface area contributed by atoms with E-state index in [0.717, 1.165) is 21.9 Å². The van der Waals surface area contributed by atoms with E-state index in [0.29, 0.717) is 43.6 Å². The minimum absolute atomic E-state index is 0.0229. The molecule has 1 saturated carbocycles. The van der Waals surface area contributed by atoms with E-state index >= 15 is 0 Å². The number of rotatable bonds is 7.